The molecule has 2 aliphatic rings. The van der Waals surface area contributed by atoms with Gasteiger partial charge < -0.3 is 5.73 Å². The van der Waals surface area contributed by atoms with E-state index >= 15 is 0 Å². The van der Waals surface area contributed by atoms with Crippen molar-refractivity contribution in [1.82, 2.24) is 0 Å². The van der Waals surface area contributed by atoms with E-state index in [1.54, 1.807) is 18.2 Å². The molecule has 1 aliphatic carbocycles. The van der Waals surface area contributed by atoms with Gasteiger partial charge in [-0.1, -0.05) is 18.0 Å². The fourth-order valence-corrected chi connectivity index (χ4v) is 3.21. The van der Waals surface area contributed by atoms with Crippen molar-refractivity contribution in [2.45, 2.75) is 19.3 Å². The second-order valence-electron chi connectivity index (χ2n) is 4.87. The smallest absolute Gasteiger partial charge is 0.237 e. The summed E-state index contributed by atoms with van der Waals surface area (Å²) < 4.78 is 0. The van der Waals surface area contributed by atoms with E-state index in [1.165, 1.54) is 4.90 Å². The number of anilines is 2. The van der Waals surface area contributed by atoms with Gasteiger partial charge in [0.05, 0.1) is 22.5 Å². The average molecular weight is 265 g/mol. The Kier molecular flexibility index (Phi) is 2.55. The van der Waals surface area contributed by atoms with E-state index in [2.05, 4.69) is 0 Å². The molecule has 94 valence electrons. The summed E-state index contributed by atoms with van der Waals surface area (Å²) in [4.78, 5) is 25.7. The molecular weight excluding hydrogens is 252 g/mol. The number of hydrogen-bond donors (Lipinski definition) is 1. The second kappa shape index (κ2) is 3.99. The quantitative estimate of drug-likeness (QED) is 0.625. The van der Waals surface area contributed by atoms with Crippen molar-refractivity contribution in [3.63, 3.8) is 0 Å². The third kappa shape index (κ3) is 1.52. The molecule has 2 atom stereocenters. The average Bonchev–Trinajstić information content (AvgIpc) is 2.87. The number of carbonyl (C=O) groups excluding carboxylic acids is 2. The van der Waals surface area contributed by atoms with Crippen LogP contribution in [0.3, 0.4) is 0 Å². The van der Waals surface area contributed by atoms with Crippen LogP contribution in [0.1, 0.15) is 19.3 Å². The summed E-state index contributed by atoms with van der Waals surface area (Å²) >= 11 is 6.07. The zero-order chi connectivity index (χ0) is 12.9. The molecule has 1 aromatic carbocycles. The summed E-state index contributed by atoms with van der Waals surface area (Å²) in [6.07, 6.45) is 2.56. The fourth-order valence-electron chi connectivity index (χ4n) is 2.93. The van der Waals surface area contributed by atoms with Gasteiger partial charge in [0.2, 0.25) is 11.8 Å². The van der Waals surface area contributed by atoms with Gasteiger partial charge in [-0.15, -0.1) is 0 Å². The molecule has 4 nitrogen and oxygen atoms in total. The number of fused-ring (bicyclic) bond motifs is 1. The van der Waals surface area contributed by atoms with E-state index in [4.69, 9.17) is 17.3 Å². The minimum atomic E-state index is -0.147. The molecule has 2 amide bonds. The highest BCUT2D eigenvalue weighted by Gasteiger charge is 2.50. The van der Waals surface area contributed by atoms with Gasteiger partial charge in [0.25, 0.3) is 0 Å². The summed E-state index contributed by atoms with van der Waals surface area (Å²) in [5.74, 6) is -0.527. The van der Waals surface area contributed by atoms with Crippen LogP contribution in [0.2, 0.25) is 5.02 Å². The summed E-state index contributed by atoms with van der Waals surface area (Å²) in [5.41, 5.74) is 6.59. The number of imide groups is 1. The van der Waals surface area contributed by atoms with Crippen LogP contribution in [0, 0.1) is 11.8 Å². The third-order valence-corrected chi connectivity index (χ3v) is 4.11. The Morgan fingerprint density at radius 2 is 1.78 bits per heavy atom. The Morgan fingerprint density at radius 1 is 1.17 bits per heavy atom. The Morgan fingerprint density at radius 3 is 2.33 bits per heavy atom. The topological polar surface area (TPSA) is 63.4 Å². The van der Waals surface area contributed by atoms with Gasteiger partial charge in [-0.3, -0.25) is 9.59 Å². The summed E-state index contributed by atoms with van der Waals surface area (Å²) in [5, 5.41) is 0.344. The van der Waals surface area contributed by atoms with Crippen LogP contribution < -0.4 is 10.6 Å². The molecule has 1 heterocycles. The zero-order valence-electron chi connectivity index (χ0n) is 9.73. The summed E-state index contributed by atoms with van der Waals surface area (Å²) in [6.45, 7) is 0. The summed E-state index contributed by atoms with van der Waals surface area (Å²) in [6, 6.07) is 4.84. The standard InChI is InChI=1S/C13H13ClN2O2/c14-10-6-7(15)4-5-11(10)16-12(17)8-2-1-3-9(8)13(16)18/h4-6,8-9H,1-3,15H2. The van der Waals surface area contributed by atoms with Crippen LogP contribution in [-0.2, 0) is 9.59 Å². The monoisotopic (exact) mass is 264 g/mol. The number of nitrogens with two attached hydrogens (primary N) is 1. The Hall–Kier alpha value is -1.55. The van der Waals surface area contributed by atoms with Crippen molar-refractivity contribution in [3.05, 3.63) is 23.2 Å². The van der Waals surface area contributed by atoms with Gasteiger partial charge in [-0.05, 0) is 31.0 Å². The molecule has 2 N–H and O–H groups in total. The Labute approximate surface area is 110 Å². The van der Waals surface area contributed by atoms with Gasteiger partial charge >= 0.3 is 0 Å². The fraction of sp³-hybridized carbons (Fsp3) is 0.385. The molecule has 1 aliphatic heterocycles. The maximum Gasteiger partial charge on any atom is 0.237 e. The lowest BCUT2D eigenvalue weighted by Gasteiger charge is -2.17. The normalized spacial score (nSPS) is 26.8. The van der Waals surface area contributed by atoms with Crippen molar-refractivity contribution >= 4 is 34.8 Å². The molecule has 0 aromatic heterocycles. The van der Waals surface area contributed by atoms with Gasteiger partial charge in [-0.25, -0.2) is 4.90 Å². The third-order valence-electron chi connectivity index (χ3n) is 3.80. The first-order valence-corrected chi connectivity index (χ1v) is 6.40. The van der Waals surface area contributed by atoms with Crippen molar-refractivity contribution in [1.29, 1.82) is 0 Å². The molecule has 1 aromatic rings. The van der Waals surface area contributed by atoms with Gasteiger partial charge in [0.15, 0.2) is 0 Å². The second-order valence-corrected chi connectivity index (χ2v) is 5.27. The van der Waals surface area contributed by atoms with E-state index in [-0.39, 0.29) is 23.7 Å². The van der Waals surface area contributed by atoms with Crippen molar-refractivity contribution in [2.24, 2.45) is 11.8 Å². The zero-order valence-corrected chi connectivity index (χ0v) is 10.5. The molecule has 0 bridgehead atoms. The predicted octanol–water partition coefficient (Wildman–Crippen LogP) is 2.21. The van der Waals surface area contributed by atoms with Crippen molar-refractivity contribution in [2.75, 3.05) is 10.6 Å². The van der Waals surface area contributed by atoms with E-state index in [1.807, 2.05) is 0 Å². The number of hydrogen-bond acceptors (Lipinski definition) is 3. The first-order valence-electron chi connectivity index (χ1n) is 6.02. The molecule has 18 heavy (non-hydrogen) atoms. The van der Waals surface area contributed by atoms with Crippen molar-refractivity contribution < 1.29 is 9.59 Å². The van der Waals surface area contributed by atoms with Crippen LogP contribution in [0.15, 0.2) is 18.2 Å². The highest BCUT2D eigenvalue weighted by Crippen LogP contribution is 2.43. The highest BCUT2D eigenvalue weighted by molar-refractivity contribution is 6.36. The molecule has 1 saturated carbocycles. The maximum atomic E-state index is 12.3. The van der Waals surface area contributed by atoms with Crippen LogP contribution in [0.5, 0.6) is 0 Å². The first kappa shape index (κ1) is 11.5. The number of amides is 2. The van der Waals surface area contributed by atoms with E-state index in [9.17, 15) is 9.59 Å². The van der Waals surface area contributed by atoms with Gasteiger partial charge in [0, 0.05) is 5.69 Å². The van der Waals surface area contributed by atoms with E-state index < -0.39 is 0 Å². The molecule has 1 saturated heterocycles. The molecule has 2 unspecified atom stereocenters. The van der Waals surface area contributed by atoms with Gasteiger partial charge in [0.1, 0.15) is 0 Å². The number of halogens is 1. The Balaban J connectivity index is 2.02. The number of rotatable bonds is 1. The molecular formula is C13H13ClN2O2. The van der Waals surface area contributed by atoms with E-state index in [0.717, 1.165) is 19.3 Å². The molecule has 0 spiro atoms. The van der Waals surface area contributed by atoms with E-state index in [0.29, 0.717) is 16.4 Å². The molecule has 2 fully saturated rings. The van der Waals surface area contributed by atoms with Crippen molar-refractivity contribution in [3.8, 4) is 0 Å². The maximum absolute atomic E-state index is 12.3. The number of nitrogens with zero attached hydrogens (tertiary/aromatic N) is 1. The number of nitrogen functional groups attached to an aromatic ring is 1. The van der Waals surface area contributed by atoms with Crippen LogP contribution in [0.4, 0.5) is 11.4 Å². The minimum Gasteiger partial charge on any atom is -0.399 e. The molecule has 0 radical (unpaired) electrons. The SMILES string of the molecule is Nc1ccc(N2C(=O)C3CCCC3C2=O)c(Cl)c1. The largest absolute Gasteiger partial charge is 0.399 e. The Bertz CT molecular complexity index is 522. The molecule has 5 heteroatoms. The molecule has 3 rings (SSSR count). The lowest BCUT2D eigenvalue weighted by molar-refractivity contribution is -0.122. The first-order chi connectivity index (χ1) is 8.59. The predicted molar refractivity (Wildman–Crippen MR) is 69.2 cm³/mol. The lowest BCUT2D eigenvalue weighted by atomic mass is 10.00. The van der Waals surface area contributed by atoms with Crippen LogP contribution in [0.25, 0.3) is 0 Å². The highest BCUT2D eigenvalue weighted by atomic mass is 35.5. The minimum absolute atomic E-state index is 0.117. The number of benzene rings is 1. The van der Waals surface area contributed by atoms with Crippen LogP contribution >= 0.6 is 11.6 Å². The van der Waals surface area contributed by atoms with Gasteiger partial charge in [-0.2, -0.15) is 0 Å². The van der Waals surface area contributed by atoms with Crippen LogP contribution in [-0.4, -0.2) is 11.8 Å². The summed E-state index contributed by atoms with van der Waals surface area (Å²) in [7, 11) is 0. The lowest BCUT2D eigenvalue weighted by Crippen LogP contribution is -2.31. The number of carbonyl (C=O) groups is 2.